The fourth-order valence-corrected chi connectivity index (χ4v) is 1.19. The van der Waals surface area contributed by atoms with E-state index >= 15 is 0 Å². The van der Waals surface area contributed by atoms with Crippen LogP contribution in [0.1, 0.15) is 10.4 Å². The van der Waals surface area contributed by atoms with Crippen LogP contribution in [-0.2, 0) is 6.54 Å². The van der Waals surface area contributed by atoms with E-state index in [0.717, 1.165) is 0 Å². The highest BCUT2D eigenvalue weighted by molar-refractivity contribution is 6.00. The SMILES string of the molecule is CN(C)CCn1ccc(C(=O)C(F)(F)F)c1. The zero-order valence-electron chi connectivity index (χ0n) is 9.08. The Bertz CT molecular complexity index is 368. The van der Waals surface area contributed by atoms with E-state index in [-0.39, 0.29) is 5.56 Å². The molecule has 1 rings (SSSR count). The molecule has 0 atom stereocenters. The molecular weight excluding hydrogens is 221 g/mol. The van der Waals surface area contributed by atoms with Gasteiger partial charge in [0.05, 0.1) is 0 Å². The van der Waals surface area contributed by atoms with E-state index in [2.05, 4.69) is 0 Å². The third kappa shape index (κ3) is 3.37. The molecule has 0 aromatic carbocycles. The smallest absolute Gasteiger partial charge is 0.352 e. The van der Waals surface area contributed by atoms with Crippen molar-refractivity contribution >= 4 is 5.78 Å². The number of Topliss-reactive ketones (excluding diaryl/α,β-unsaturated/α-hetero) is 1. The summed E-state index contributed by atoms with van der Waals surface area (Å²) in [7, 11) is 3.73. The molecule has 0 spiro atoms. The van der Waals surface area contributed by atoms with Crippen LogP contribution in [0.5, 0.6) is 0 Å². The lowest BCUT2D eigenvalue weighted by Gasteiger charge is -2.09. The molecule has 1 aromatic heterocycles. The van der Waals surface area contributed by atoms with Crippen molar-refractivity contribution in [3.8, 4) is 0 Å². The van der Waals surface area contributed by atoms with Gasteiger partial charge in [0.15, 0.2) is 0 Å². The van der Waals surface area contributed by atoms with Gasteiger partial charge in [0.1, 0.15) is 0 Å². The first kappa shape index (κ1) is 12.8. The maximum absolute atomic E-state index is 12.1. The number of alkyl halides is 3. The van der Waals surface area contributed by atoms with Gasteiger partial charge in [-0.25, -0.2) is 0 Å². The van der Waals surface area contributed by atoms with Gasteiger partial charge in [-0.2, -0.15) is 13.2 Å². The lowest BCUT2D eigenvalue weighted by Crippen LogP contribution is -2.22. The van der Waals surface area contributed by atoms with Crippen molar-refractivity contribution in [2.75, 3.05) is 20.6 Å². The van der Waals surface area contributed by atoms with Crippen molar-refractivity contribution < 1.29 is 18.0 Å². The number of halogens is 3. The van der Waals surface area contributed by atoms with E-state index in [0.29, 0.717) is 13.1 Å². The van der Waals surface area contributed by atoms with Gasteiger partial charge in [-0.15, -0.1) is 0 Å². The van der Waals surface area contributed by atoms with Crippen molar-refractivity contribution in [3.05, 3.63) is 24.0 Å². The third-order valence-electron chi connectivity index (χ3n) is 2.08. The zero-order chi connectivity index (χ0) is 12.3. The molecule has 0 bridgehead atoms. The van der Waals surface area contributed by atoms with Gasteiger partial charge in [-0.1, -0.05) is 0 Å². The van der Waals surface area contributed by atoms with Crippen molar-refractivity contribution in [1.29, 1.82) is 0 Å². The lowest BCUT2D eigenvalue weighted by atomic mass is 10.2. The number of ketones is 1. The molecule has 0 radical (unpaired) electrons. The average Bonchev–Trinajstić information content (AvgIpc) is 2.60. The minimum absolute atomic E-state index is 0.314. The van der Waals surface area contributed by atoms with Gasteiger partial charge in [0.2, 0.25) is 0 Å². The molecular formula is C10H13F3N2O. The minimum Gasteiger partial charge on any atom is -0.352 e. The maximum Gasteiger partial charge on any atom is 0.454 e. The zero-order valence-corrected chi connectivity index (χ0v) is 9.08. The number of carbonyl (C=O) groups is 1. The van der Waals surface area contributed by atoms with Gasteiger partial charge < -0.3 is 9.47 Å². The van der Waals surface area contributed by atoms with E-state index in [1.165, 1.54) is 18.5 Å². The minimum atomic E-state index is -4.80. The molecule has 1 aromatic rings. The molecule has 0 saturated carbocycles. The second-order valence-corrected chi connectivity index (χ2v) is 3.77. The Morgan fingerprint density at radius 1 is 1.44 bits per heavy atom. The number of hydrogen-bond donors (Lipinski definition) is 0. The van der Waals surface area contributed by atoms with E-state index in [4.69, 9.17) is 0 Å². The van der Waals surface area contributed by atoms with Gasteiger partial charge in [0, 0.05) is 31.0 Å². The second kappa shape index (κ2) is 4.69. The topological polar surface area (TPSA) is 25.2 Å². The maximum atomic E-state index is 12.1. The highest BCUT2D eigenvalue weighted by Crippen LogP contribution is 2.21. The predicted octanol–water partition coefficient (Wildman–Crippen LogP) is 1.79. The summed E-state index contributed by atoms with van der Waals surface area (Å²) >= 11 is 0. The predicted molar refractivity (Wildman–Crippen MR) is 53.4 cm³/mol. The molecule has 0 amide bonds. The Labute approximate surface area is 91.5 Å². The highest BCUT2D eigenvalue weighted by Gasteiger charge is 2.39. The molecule has 16 heavy (non-hydrogen) atoms. The van der Waals surface area contributed by atoms with Crippen LogP contribution in [-0.4, -0.2) is 42.1 Å². The Morgan fingerprint density at radius 3 is 2.56 bits per heavy atom. The average molecular weight is 234 g/mol. The fourth-order valence-electron chi connectivity index (χ4n) is 1.19. The number of nitrogens with zero attached hydrogens (tertiary/aromatic N) is 2. The number of carbonyl (C=O) groups excluding carboxylic acids is 1. The Kier molecular flexibility index (Phi) is 3.74. The van der Waals surface area contributed by atoms with Crippen molar-refractivity contribution in [1.82, 2.24) is 9.47 Å². The number of aromatic nitrogens is 1. The summed E-state index contributed by atoms with van der Waals surface area (Å²) in [4.78, 5) is 12.8. The summed E-state index contributed by atoms with van der Waals surface area (Å²) in [6.45, 7) is 1.26. The number of likely N-dealkylation sites (N-methyl/N-ethyl adjacent to an activating group) is 1. The summed E-state index contributed by atoms with van der Waals surface area (Å²) in [5.41, 5.74) is -0.314. The van der Waals surface area contributed by atoms with Crippen LogP contribution in [0.25, 0.3) is 0 Å². The molecule has 3 nitrogen and oxygen atoms in total. The molecule has 0 saturated heterocycles. The lowest BCUT2D eigenvalue weighted by molar-refractivity contribution is -0.0885. The first-order valence-corrected chi connectivity index (χ1v) is 4.73. The number of rotatable bonds is 4. The van der Waals surface area contributed by atoms with Crippen LogP contribution < -0.4 is 0 Å². The van der Waals surface area contributed by atoms with Gasteiger partial charge in [-0.05, 0) is 20.2 Å². The van der Waals surface area contributed by atoms with E-state index < -0.39 is 12.0 Å². The monoisotopic (exact) mass is 234 g/mol. The van der Waals surface area contributed by atoms with E-state index in [9.17, 15) is 18.0 Å². The third-order valence-corrected chi connectivity index (χ3v) is 2.08. The number of hydrogen-bond acceptors (Lipinski definition) is 2. The van der Waals surface area contributed by atoms with Crippen LogP contribution in [0.2, 0.25) is 0 Å². The molecule has 1 heterocycles. The molecule has 0 aliphatic heterocycles. The molecule has 0 aliphatic carbocycles. The largest absolute Gasteiger partial charge is 0.454 e. The second-order valence-electron chi connectivity index (χ2n) is 3.77. The summed E-state index contributed by atoms with van der Waals surface area (Å²) in [6.07, 6.45) is -2.10. The van der Waals surface area contributed by atoms with Crippen LogP contribution in [0, 0.1) is 0 Å². The normalized spacial score (nSPS) is 12.1. The standard InChI is InChI=1S/C10H13F3N2O/c1-14(2)5-6-15-4-3-8(7-15)9(16)10(11,12)13/h3-4,7H,5-6H2,1-2H3. The fraction of sp³-hybridized carbons (Fsp3) is 0.500. The Hall–Kier alpha value is -1.30. The molecule has 0 unspecified atom stereocenters. The first-order chi connectivity index (χ1) is 7.30. The molecule has 0 aliphatic rings. The van der Waals surface area contributed by atoms with Crippen LogP contribution in [0.4, 0.5) is 13.2 Å². The Morgan fingerprint density at radius 2 is 2.06 bits per heavy atom. The molecule has 0 N–H and O–H groups in total. The summed E-state index contributed by atoms with van der Waals surface area (Å²) < 4.78 is 37.8. The van der Waals surface area contributed by atoms with Crippen molar-refractivity contribution in [3.63, 3.8) is 0 Å². The summed E-state index contributed by atoms with van der Waals surface area (Å²) in [5.74, 6) is -1.80. The van der Waals surface area contributed by atoms with E-state index in [1.54, 1.807) is 4.57 Å². The summed E-state index contributed by atoms with van der Waals surface area (Å²) in [6, 6.07) is 1.19. The molecule has 90 valence electrons. The highest BCUT2D eigenvalue weighted by atomic mass is 19.4. The van der Waals surface area contributed by atoms with E-state index in [1.807, 2.05) is 19.0 Å². The Balaban J connectivity index is 2.68. The van der Waals surface area contributed by atoms with Crippen LogP contribution >= 0.6 is 0 Å². The van der Waals surface area contributed by atoms with Gasteiger partial charge in [0.25, 0.3) is 5.78 Å². The first-order valence-electron chi connectivity index (χ1n) is 4.73. The van der Waals surface area contributed by atoms with Gasteiger partial charge in [-0.3, -0.25) is 4.79 Å². The van der Waals surface area contributed by atoms with Crippen molar-refractivity contribution in [2.24, 2.45) is 0 Å². The van der Waals surface area contributed by atoms with Crippen molar-refractivity contribution in [2.45, 2.75) is 12.7 Å². The molecule has 6 heteroatoms. The van der Waals surface area contributed by atoms with Crippen LogP contribution in [0.3, 0.4) is 0 Å². The summed E-state index contributed by atoms with van der Waals surface area (Å²) in [5, 5.41) is 0. The quantitative estimate of drug-likeness (QED) is 0.742. The van der Waals surface area contributed by atoms with Crippen LogP contribution in [0.15, 0.2) is 18.5 Å². The molecule has 0 fully saturated rings. The van der Waals surface area contributed by atoms with Gasteiger partial charge >= 0.3 is 6.18 Å².